The zero-order chi connectivity index (χ0) is 18.9. The second kappa shape index (κ2) is 6.63. The van der Waals surface area contributed by atoms with Gasteiger partial charge in [0.2, 0.25) is 0 Å². The van der Waals surface area contributed by atoms with E-state index in [0.717, 1.165) is 21.7 Å². The highest BCUT2D eigenvalue weighted by Gasteiger charge is 2.49. The highest BCUT2D eigenvalue weighted by molar-refractivity contribution is 6.07. The number of imide groups is 1. The van der Waals surface area contributed by atoms with Crippen molar-refractivity contribution in [3.05, 3.63) is 64.7 Å². The second-order valence-corrected chi connectivity index (χ2v) is 6.51. The van der Waals surface area contributed by atoms with Gasteiger partial charge in [-0.1, -0.05) is 35.9 Å². The van der Waals surface area contributed by atoms with Gasteiger partial charge in [-0.25, -0.2) is 4.79 Å². The molecule has 0 unspecified atom stereocenters. The summed E-state index contributed by atoms with van der Waals surface area (Å²) >= 11 is 0. The number of amides is 3. The average molecular weight is 351 g/mol. The predicted molar refractivity (Wildman–Crippen MR) is 99.2 cm³/mol. The molecule has 0 bridgehead atoms. The molecule has 1 atom stereocenters. The van der Waals surface area contributed by atoms with E-state index in [1.165, 1.54) is 6.21 Å². The average Bonchev–Trinajstić information content (AvgIpc) is 2.84. The Morgan fingerprint density at radius 1 is 1.12 bits per heavy atom. The lowest BCUT2D eigenvalue weighted by molar-refractivity contribution is -0.131. The molecule has 0 aromatic heterocycles. The van der Waals surface area contributed by atoms with Crippen LogP contribution in [0.15, 0.2) is 47.6 Å². The van der Waals surface area contributed by atoms with Crippen molar-refractivity contribution >= 4 is 18.2 Å². The van der Waals surface area contributed by atoms with E-state index < -0.39 is 17.5 Å². The van der Waals surface area contributed by atoms with Crippen LogP contribution in [0.5, 0.6) is 5.75 Å². The van der Waals surface area contributed by atoms with E-state index in [0.29, 0.717) is 11.3 Å². The van der Waals surface area contributed by atoms with E-state index >= 15 is 0 Å². The number of hydrogen-bond acceptors (Lipinski definition) is 4. The van der Waals surface area contributed by atoms with E-state index in [4.69, 9.17) is 4.74 Å². The first kappa shape index (κ1) is 17.7. The molecule has 3 rings (SSSR count). The van der Waals surface area contributed by atoms with Crippen molar-refractivity contribution in [2.45, 2.75) is 26.3 Å². The number of hydrogen-bond donors (Lipinski definition) is 1. The van der Waals surface area contributed by atoms with Crippen LogP contribution in [-0.4, -0.2) is 30.3 Å². The Bertz CT molecular complexity index is 890. The maximum absolute atomic E-state index is 12.9. The number of carbonyl (C=O) groups excluding carboxylic acids is 2. The van der Waals surface area contributed by atoms with Gasteiger partial charge in [-0.3, -0.25) is 4.79 Å². The van der Waals surface area contributed by atoms with Gasteiger partial charge in [0, 0.05) is 0 Å². The highest BCUT2D eigenvalue weighted by atomic mass is 16.5. The molecule has 3 amide bonds. The number of nitrogens with one attached hydrogen (secondary N) is 1. The van der Waals surface area contributed by atoms with Gasteiger partial charge in [-0.05, 0) is 49.6 Å². The summed E-state index contributed by atoms with van der Waals surface area (Å²) in [5.74, 6) is 0.257. The third-order valence-electron chi connectivity index (χ3n) is 4.57. The van der Waals surface area contributed by atoms with Crippen LogP contribution in [0.3, 0.4) is 0 Å². The van der Waals surface area contributed by atoms with Crippen LogP contribution in [0, 0.1) is 13.8 Å². The lowest BCUT2D eigenvalue weighted by atomic mass is 9.92. The van der Waals surface area contributed by atoms with E-state index in [2.05, 4.69) is 10.4 Å². The molecule has 1 aliphatic heterocycles. The van der Waals surface area contributed by atoms with Crippen molar-refractivity contribution in [2.24, 2.45) is 5.10 Å². The van der Waals surface area contributed by atoms with Gasteiger partial charge in [0.25, 0.3) is 5.91 Å². The predicted octanol–water partition coefficient (Wildman–Crippen LogP) is 3.11. The number of carbonyl (C=O) groups is 2. The Morgan fingerprint density at radius 2 is 1.81 bits per heavy atom. The molecular weight excluding hydrogens is 330 g/mol. The van der Waals surface area contributed by atoms with E-state index in [-0.39, 0.29) is 0 Å². The first-order chi connectivity index (χ1) is 12.3. The van der Waals surface area contributed by atoms with Gasteiger partial charge in [0.15, 0.2) is 0 Å². The van der Waals surface area contributed by atoms with E-state index in [1.54, 1.807) is 38.3 Å². The van der Waals surface area contributed by atoms with Crippen LogP contribution in [-0.2, 0) is 10.3 Å². The standard InChI is InChI=1S/C20H21N3O3/c1-13-5-6-15(14(2)11-13)12-21-23-18(24)20(3,22-19(23)25)16-7-9-17(26-4)10-8-16/h5-12H,1-4H3,(H,22,25)/b21-12-/t20-/m0/s1. The number of rotatable bonds is 4. The van der Waals surface area contributed by atoms with Crippen LogP contribution < -0.4 is 10.1 Å². The van der Waals surface area contributed by atoms with Crippen LogP contribution in [0.4, 0.5) is 4.79 Å². The molecule has 2 aromatic carbocycles. The van der Waals surface area contributed by atoms with Crippen molar-refractivity contribution in [1.82, 2.24) is 10.3 Å². The van der Waals surface area contributed by atoms with Crippen molar-refractivity contribution < 1.29 is 14.3 Å². The number of benzene rings is 2. The summed E-state index contributed by atoms with van der Waals surface area (Å²) in [7, 11) is 1.57. The number of urea groups is 1. The molecule has 2 aromatic rings. The minimum atomic E-state index is -1.16. The second-order valence-electron chi connectivity index (χ2n) is 6.51. The summed E-state index contributed by atoms with van der Waals surface area (Å²) in [6.07, 6.45) is 1.53. The molecule has 0 aliphatic carbocycles. The highest BCUT2D eigenvalue weighted by Crippen LogP contribution is 2.30. The minimum absolute atomic E-state index is 0.423. The van der Waals surface area contributed by atoms with Gasteiger partial charge < -0.3 is 10.1 Å². The van der Waals surface area contributed by atoms with Gasteiger partial charge in [0.05, 0.1) is 13.3 Å². The molecule has 1 heterocycles. The first-order valence-corrected chi connectivity index (χ1v) is 8.27. The number of nitrogens with zero attached hydrogens (tertiary/aromatic N) is 2. The molecular formula is C20H21N3O3. The molecule has 134 valence electrons. The Morgan fingerprint density at radius 3 is 2.42 bits per heavy atom. The van der Waals surface area contributed by atoms with Gasteiger partial charge in [0.1, 0.15) is 11.3 Å². The maximum Gasteiger partial charge on any atom is 0.346 e. The van der Waals surface area contributed by atoms with Crippen LogP contribution in [0.25, 0.3) is 0 Å². The monoisotopic (exact) mass is 351 g/mol. The number of aryl methyl sites for hydroxylation is 2. The summed E-state index contributed by atoms with van der Waals surface area (Å²) in [5.41, 5.74) is 2.53. The first-order valence-electron chi connectivity index (χ1n) is 8.27. The molecule has 6 nitrogen and oxygen atoms in total. The Labute approximate surface area is 152 Å². The third kappa shape index (κ3) is 3.06. The van der Waals surface area contributed by atoms with Gasteiger partial charge in [-0.2, -0.15) is 5.10 Å². The Hall–Kier alpha value is -3.15. The summed E-state index contributed by atoms with van der Waals surface area (Å²) in [6, 6.07) is 12.4. The molecule has 0 saturated carbocycles. The zero-order valence-electron chi connectivity index (χ0n) is 15.2. The Balaban J connectivity index is 1.87. The van der Waals surface area contributed by atoms with Gasteiger partial charge >= 0.3 is 6.03 Å². The molecule has 26 heavy (non-hydrogen) atoms. The summed E-state index contributed by atoms with van der Waals surface area (Å²) in [4.78, 5) is 25.2. The Kier molecular flexibility index (Phi) is 4.50. The lowest BCUT2D eigenvalue weighted by Gasteiger charge is -2.21. The number of hydrazone groups is 1. The summed E-state index contributed by atoms with van der Waals surface area (Å²) in [5, 5.41) is 7.73. The molecule has 1 fully saturated rings. The van der Waals surface area contributed by atoms with Crippen LogP contribution in [0.1, 0.15) is 29.2 Å². The number of methoxy groups -OCH3 is 1. The topological polar surface area (TPSA) is 71.0 Å². The largest absolute Gasteiger partial charge is 0.497 e. The fraction of sp³-hybridized carbons (Fsp3) is 0.250. The molecule has 1 saturated heterocycles. The molecule has 0 spiro atoms. The minimum Gasteiger partial charge on any atom is -0.497 e. The molecule has 0 radical (unpaired) electrons. The van der Waals surface area contributed by atoms with Crippen molar-refractivity contribution in [3.63, 3.8) is 0 Å². The maximum atomic E-state index is 12.9. The van der Waals surface area contributed by atoms with Crippen LogP contribution >= 0.6 is 0 Å². The molecule has 1 N–H and O–H groups in total. The lowest BCUT2D eigenvalue weighted by Crippen LogP contribution is -2.40. The van der Waals surface area contributed by atoms with Crippen molar-refractivity contribution in [1.29, 1.82) is 0 Å². The SMILES string of the molecule is COc1ccc([C@]2(C)NC(=O)N(/N=C\c3ccc(C)cc3C)C2=O)cc1. The molecule has 1 aliphatic rings. The normalized spacial score (nSPS) is 19.9. The summed E-state index contributed by atoms with van der Waals surface area (Å²) < 4.78 is 5.13. The fourth-order valence-electron chi connectivity index (χ4n) is 2.94. The van der Waals surface area contributed by atoms with E-state index in [9.17, 15) is 9.59 Å². The number of ether oxygens (including phenoxy) is 1. The molecule has 6 heteroatoms. The smallest absolute Gasteiger partial charge is 0.346 e. The van der Waals surface area contributed by atoms with Crippen molar-refractivity contribution in [2.75, 3.05) is 7.11 Å². The van der Waals surface area contributed by atoms with Crippen molar-refractivity contribution in [3.8, 4) is 5.75 Å². The van der Waals surface area contributed by atoms with Crippen LogP contribution in [0.2, 0.25) is 0 Å². The quantitative estimate of drug-likeness (QED) is 0.680. The van der Waals surface area contributed by atoms with Gasteiger partial charge in [-0.15, -0.1) is 5.01 Å². The zero-order valence-corrected chi connectivity index (χ0v) is 15.2. The summed E-state index contributed by atoms with van der Waals surface area (Å²) in [6.45, 7) is 5.63. The third-order valence-corrected chi connectivity index (χ3v) is 4.57. The van der Waals surface area contributed by atoms with E-state index in [1.807, 2.05) is 32.0 Å². The fourth-order valence-corrected chi connectivity index (χ4v) is 2.94.